The number of imidazole rings is 1. The summed E-state index contributed by atoms with van der Waals surface area (Å²) in [7, 11) is 0. The van der Waals surface area contributed by atoms with Crippen LogP contribution in [-0.4, -0.2) is 15.5 Å². The molecule has 0 saturated carbocycles. The molecule has 0 bridgehead atoms. The number of fused-ring (bicyclic) bond motifs is 1. The lowest BCUT2D eigenvalue weighted by Crippen LogP contribution is -2.29. The third-order valence-electron chi connectivity index (χ3n) is 3.19. The summed E-state index contributed by atoms with van der Waals surface area (Å²) in [6.45, 7) is 2.13. The molecule has 102 valence electrons. The fraction of sp³-hybridized carbons (Fsp3) is 0.200. The Morgan fingerprint density at radius 2 is 2.20 bits per heavy atom. The van der Waals surface area contributed by atoms with Gasteiger partial charge in [0.05, 0.1) is 29.7 Å². The normalized spacial score (nSPS) is 12.4. The average molecular weight is 269 g/mol. The van der Waals surface area contributed by atoms with Crippen molar-refractivity contribution in [1.29, 1.82) is 0 Å². The monoisotopic (exact) mass is 269 g/mol. The Bertz CT molecular complexity index is 716. The molecule has 5 heteroatoms. The van der Waals surface area contributed by atoms with E-state index in [1.165, 1.54) is 0 Å². The van der Waals surface area contributed by atoms with Gasteiger partial charge in [-0.05, 0) is 31.2 Å². The minimum absolute atomic E-state index is 0.0722. The van der Waals surface area contributed by atoms with Crippen LogP contribution in [0.4, 0.5) is 0 Å². The highest BCUT2D eigenvalue weighted by molar-refractivity contribution is 5.80. The summed E-state index contributed by atoms with van der Waals surface area (Å²) in [4.78, 5) is 16.3. The van der Waals surface area contributed by atoms with Crippen molar-refractivity contribution in [1.82, 2.24) is 14.9 Å². The minimum atomic E-state index is -0.146. The van der Waals surface area contributed by atoms with Crippen molar-refractivity contribution in [2.24, 2.45) is 0 Å². The second-order valence-corrected chi connectivity index (χ2v) is 4.67. The molecule has 20 heavy (non-hydrogen) atoms. The van der Waals surface area contributed by atoms with Gasteiger partial charge in [-0.2, -0.15) is 0 Å². The number of furan rings is 1. The van der Waals surface area contributed by atoms with Crippen LogP contribution in [0.25, 0.3) is 11.0 Å². The number of hydrogen-bond donors (Lipinski definition) is 1. The number of nitrogens with zero attached hydrogens (tertiary/aromatic N) is 2. The van der Waals surface area contributed by atoms with E-state index in [1.807, 2.05) is 41.8 Å². The molecule has 0 spiro atoms. The van der Waals surface area contributed by atoms with Gasteiger partial charge in [-0.15, -0.1) is 0 Å². The quantitative estimate of drug-likeness (QED) is 0.791. The molecule has 0 aliphatic carbocycles. The molecular weight excluding hydrogens is 254 g/mol. The highest BCUT2D eigenvalue weighted by Gasteiger charge is 2.13. The summed E-state index contributed by atoms with van der Waals surface area (Å²) in [6, 6.07) is 11.2. The van der Waals surface area contributed by atoms with Gasteiger partial charge in [0, 0.05) is 0 Å². The van der Waals surface area contributed by atoms with Crippen LogP contribution in [0.15, 0.2) is 53.4 Å². The van der Waals surface area contributed by atoms with Crippen molar-refractivity contribution in [3.63, 3.8) is 0 Å². The molecule has 3 rings (SSSR count). The van der Waals surface area contributed by atoms with Crippen LogP contribution < -0.4 is 5.32 Å². The van der Waals surface area contributed by atoms with Gasteiger partial charge < -0.3 is 14.3 Å². The van der Waals surface area contributed by atoms with E-state index < -0.39 is 0 Å². The molecule has 0 fully saturated rings. The zero-order valence-electron chi connectivity index (χ0n) is 11.1. The van der Waals surface area contributed by atoms with Gasteiger partial charge in [0.2, 0.25) is 5.91 Å². The van der Waals surface area contributed by atoms with Crippen molar-refractivity contribution in [3.8, 4) is 0 Å². The first kappa shape index (κ1) is 12.5. The highest BCUT2D eigenvalue weighted by Crippen LogP contribution is 2.14. The lowest BCUT2D eigenvalue weighted by Gasteiger charge is -2.12. The maximum absolute atomic E-state index is 12.1. The summed E-state index contributed by atoms with van der Waals surface area (Å²) >= 11 is 0. The summed E-state index contributed by atoms with van der Waals surface area (Å²) in [6.07, 6.45) is 3.28. The van der Waals surface area contributed by atoms with E-state index >= 15 is 0 Å². The molecule has 1 atom stereocenters. The predicted octanol–water partition coefficient (Wildman–Crippen LogP) is 2.51. The number of para-hydroxylation sites is 2. The molecule has 0 radical (unpaired) electrons. The molecule has 3 aromatic rings. The third-order valence-corrected chi connectivity index (χ3v) is 3.19. The first-order chi connectivity index (χ1) is 9.74. The van der Waals surface area contributed by atoms with Gasteiger partial charge in [0.25, 0.3) is 0 Å². The summed E-state index contributed by atoms with van der Waals surface area (Å²) in [5.74, 6) is 0.672. The number of aromatic nitrogens is 2. The fourth-order valence-electron chi connectivity index (χ4n) is 2.19. The molecule has 0 saturated heterocycles. The standard InChI is InChI=1S/C15H15N3O2/c1-11(14-7-4-8-20-14)17-15(19)9-18-10-16-12-5-2-3-6-13(12)18/h2-8,10-11H,9H2,1H3,(H,17,19)/t11-/m1/s1. The molecule has 2 aromatic heterocycles. The van der Waals surface area contributed by atoms with E-state index in [-0.39, 0.29) is 18.5 Å². The molecule has 0 unspecified atom stereocenters. The number of nitrogens with one attached hydrogen (secondary N) is 1. The van der Waals surface area contributed by atoms with Crippen molar-refractivity contribution in [2.45, 2.75) is 19.5 Å². The Kier molecular flexibility index (Phi) is 3.25. The first-order valence-corrected chi connectivity index (χ1v) is 6.46. The Labute approximate surface area is 116 Å². The van der Waals surface area contributed by atoms with E-state index in [4.69, 9.17) is 4.42 Å². The lowest BCUT2D eigenvalue weighted by atomic mass is 10.2. The minimum Gasteiger partial charge on any atom is -0.467 e. The Hall–Kier alpha value is -2.56. The molecule has 2 heterocycles. The van der Waals surface area contributed by atoms with E-state index in [2.05, 4.69) is 10.3 Å². The van der Waals surface area contributed by atoms with E-state index in [1.54, 1.807) is 18.7 Å². The second-order valence-electron chi connectivity index (χ2n) is 4.67. The van der Waals surface area contributed by atoms with Crippen LogP contribution in [0, 0.1) is 0 Å². The largest absolute Gasteiger partial charge is 0.467 e. The van der Waals surface area contributed by atoms with E-state index in [0.717, 1.165) is 16.8 Å². The van der Waals surface area contributed by atoms with Crippen LogP contribution in [0.1, 0.15) is 18.7 Å². The van der Waals surface area contributed by atoms with Crippen LogP contribution in [0.5, 0.6) is 0 Å². The summed E-state index contributed by atoms with van der Waals surface area (Å²) in [5, 5.41) is 2.90. The van der Waals surface area contributed by atoms with Crippen molar-refractivity contribution >= 4 is 16.9 Å². The maximum atomic E-state index is 12.1. The summed E-state index contributed by atoms with van der Waals surface area (Å²) < 4.78 is 7.10. The van der Waals surface area contributed by atoms with Crippen LogP contribution in [0.3, 0.4) is 0 Å². The second kappa shape index (κ2) is 5.21. The molecule has 1 aromatic carbocycles. The molecule has 0 aliphatic heterocycles. The van der Waals surface area contributed by atoms with Gasteiger partial charge in [-0.1, -0.05) is 12.1 Å². The SMILES string of the molecule is C[C@@H](NC(=O)Cn1cnc2ccccc21)c1ccco1. The summed E-state index contributed by atoms with van der Waals surface area (Å²) in [5.41, 5.74) is 1.84. The number of carbonyl (C=O) groups is 1. The molecule has 5 nitrogen and oxygen atoms in total. The number of carbonyl (C=O) groups excluding carboxylic acids is 1. The first-order valence-electron chi connectivity index (χ1n) is 6.46. The Morgan fingerprint density at radius 1 is 1.35 bits per heavy atom. The number of rotatable bonds is 4. The smallest absolute Gasteiger partial charge is 0.240 e. The number of hydrogen-bond acceptors (Lipinski definition) is 3. The molecular formula is C15H15N3O2. The third kappa shape index (κ3) is 2.42. The predicted molar refractivity (Wildman–Crippen MR) is 75.0 cm³/mol. The Morgan fingerprint density at radius 3 is 3.00 bits per heavy atom. The van der Waals surface area contributed by atoms with Crippen molar-refractivity contribution in [2.75, 3.05) is 0 Å². The lowest BCUT2D eigenvalue weighted by molar-refractivity contribution is -0.122. The van der Waals surface area contributed by atoms with Gasteiger partial charge in [-0.25, -0.2) is 4.98 Å². The molecule has 0 aliphatic rings. The van der Waals surface area contributed by atoms with Gasteiger partial charge >= 0.3 is 0 Å². The van der Waals surface area contributed by atoms with Crippen LogP contribution >= 0.6 is 0 Å². The van der Waals surface area contributed by atoms with Gasteiger partial charge in [0.1, 0.15) is 12.3 Å². The fourth-order valence-corrected chi connectivity index (χ4v) is 2.19. The Balaban J connectivity index is 1.70. The number of amides is 1. The highest BCUT2D eigenvalue weighted by atomic mass is 16.3. The van der Waals surface area contributed by atoms with Crippen molar-refractivity contribution < 1.29 is 9.21 Å². The van der Waals surface area contributed by atoms with Gasteiger partial charge in [0.15, 0.2) is 0 Å². The van der Waals surface area contributed by atoms with Crippen LogP contribution in [-0.2, 0) is 11.3 Å². The topological polar surface area (TPSA) is 60.1 Å². The zero-order valence-corrected chi connectivity index (χ0v) is 11.1. The molecule has 1 amide bonds. The van der Waals surface area contributed by atoms with Crippen molar-refractivity contribution in [3.05, 3.63) is 54.7 Å². The zero-order chi connectivity index (χ0) is 13.9. The van der Waals surface area contributed by atoms with Gasteiger partial charge in [-0.3, -0.25) is 4.79 Å². The molecule has 1 N–H and O–H groups in total. The average Bonchev–Trinajstić information content (AvgIpc) is 3.09. The van der Waals surface area contributed by atoms with E-state index in [0.29, 0.717) is 0 Å². The number of benzene rings is 1. The maximum Gasteiger partial charge on any atom is 0.240 e. The van der Waals surface area contributed by atoms with E-state index in [9.17, 15) is 4.79 Å². The van der Waals surface area contributed by atoms with Crippen LogP contribution in [0.2, 0.25) is 0 Å².